The van der Waals surface area contributed by atoms with Crippen LogP contribution < -0.4 is 15.2 Å². The first-order chi connectivity index (χ1) is 10.7. The number of rotatable bonds is 7. The molecule has 2 N–H and O–H groups in total. The molecule has 0 saturated carbocycles. The van der Waals surface area contributed by atoms with Crippen molar-refractivity contribution in [2.24, 2.45) is 5.73 Å². The maximum Gasteiger partial charge on any atom is 0.260 e. The number of hydrogen-bond donors (Lipinski definition) is 1. The van der Waals surface area contributed by atoms with E-state index in [0.29, 0.717) is 18.9 Å². The van der Waals surface area contributed by atoms with Crippen LogP contribution in [0, 0.1) is 0 Å². The number of carbonyl (C=O) groups excluding carboxylic acids is 1. The van der Waals surface area contributed by atoms with E-state index >= 15 is 0 Å². The highest BCUT2D eigenvalue weighted by Crippen LogP contribution is 2.19. The molecule has 1 heterocycles. The Bertz CT molecular complexity index is 467. The standard InChI is InChI=1S/C17H26N2O3.ClH/c1-2-11-21-15-6-8-16(9-7-15)22-13-17(20)19-10-4-3-5-14(19)12-18;/h6-9,14H,2-5,10-13,18H2,1H3;1H. The van der Waals surface area contributed by atoms with Crippen LogP contribution in [-0.4, -0.2) is 43.2 Å². The number of halogens is 1. The largest absolute Gasteiger partial charge is 0.494 e. The Balaban J connectivity index is 0.00000264. The molecule has 2 rings (SSSR count). The van der Waals surface area contributed by atoms with Crippen molar-refractivity contribution in [3.05, 3.63) is 24.3 Å². The van der Waals surface area contributed by atoms with E-state index in [-0.39, 0.29) is 31.0 Å². The summed E-state index contributed by atoms with van der Waals surface area (Å²) in [7, 11) is 0. The maximum absolute atomic E-state index is 12.3. The van der Waals surface area contributed by atoms with Gasteiger partial charge >= 0.3 is 0 Å². The van der Waals surface area contributed by atoms with Crippen LogP contribution in [0.25, 0.3) is 0 Å². The van der Waals surface area contributed by atoms with E-state index < -0.39 is 0 Å². The average Bonchev–Trinajstić information content (AvgIpc) is 2.58. The molecule has 1 amide bonds. The van der Waals surface area contributed by atoms with Crippen LogP contribution in [0.3, 0.4) is 0 Å². The van der Waals surface area contributed by atoms with Gasteiger partial charge < -0.3 is 20.1 Å². The molecule has 1 saturated heterocycles. The predicted molar refractivity (Wildman–Crippen MR) is 93.4 cm³/mol. The van der Waals surface area contributed by atoms with Crippen LogP contribution in [0.1, 0.15) is 32.6 Å². The highest BCUT2D eigenvalue weighted by Gasteiger charge is 2.25. The lowest BCUT2D eigenvalue weighted by Gasteiger charge is -2.34. The van der Waals surface area contributed by atoms with Crippen molar-refractivity contribution < 1.29 is 14.3 Å². The van der Waals surface area contributed by atoms with Crippen molar-refractivity contribution >= 4 is 18.3 Å². The van der Waals surface area contributed by atoms with E-state index in [1.165, 1.54) is 0 Å². The summed E-state index contributed by atoms with van der Waals surface area (Å²) in [6.45, 7) is 4.14. The molecular formula is C17H27ClN2O3. The van der Waals surface area contributed by atoms with E-state index in [4.69, 9.17) is 15.2 Å². The fourth-order valence-corrected chi connectivity index (χ4v) is 2.65. The first-order valence-electron chi connectivity index (χ1n) is 8.09. The number of piperidine rings is 1. The minimum absolute atomic E-state index is 0. The van der Waals surface area contributed by atoms with Crippen molar-refractivity contribution in [2.45, 2.75) is 38.6 Å². The number of ether oxygens (including phenoxy) is 2. The number of nitrogens with two attached hydrogens (primary N) is 1. The lowest BCUT2D eigenvalue weighted by atomic mass is 10.0. The molecule has 1 unspecified atom stereocenters. The van der Waals surface area contributed by atoms with Crippen LogP contribution in [0.4, 0.5) is 0 Å². The summed E-state index contributed by atoms with van der Waals surface area (Å²) < 4.78 is 11.1. The van der Waals surface area contributed by atoms with Crippen molar-refractivity contribution in [3.63, 3.8) is 0 Å². The molecule has 23 heavy (non-hydrogen) atoms. The quantitative estimate of drug-likeness (QED) is 0.827. The minimum Gasteiger partial charge on any atom is -0.494 e. The predicted octanol–water partition coefficient (Wildman–Crippen LogP) is 2.62. The maximum atomic E-state index is 12.3. The molecule has 6 heteroatoms. The molecule has 0 radical (unpaired) electrons. The second-order valence-electron chi connectivity index (χ2n) is 5.58. The Labute approximate surface area is 144 Å². The van der Waals surface area contributed by atoms with Crippen LogP contribution in [0.5, 0.6) is 11.5 Å². The van der Waals surface area contributed by atoms with Crippen LogP contribution in [0.15, 0.2) is 24.3 Å². The summed E-state index contributed by atoms with van der Waals surface area (Å²) >= 11 is 0. The Morgan fingerprint density at radius 1 is 1.22 bits per heavy atom. The van der Waals surface area contributed by atoms with Gasteiger partial charge in [-0.1, -0.05) is 6.92 Å². The van der Waals surface area contributed by atoms with Crippen LogP contribution >= 0.6 is 12.4 Å². The van der Waals surface area contributed by atoms with E-state index in [0.717, 1.165) is 38.0 Å². The second-order valence-corrected chi connectivity index (χ2v) is 5.58. The summed E-state index contributed by atoms with van der Waals surface area (Å²) in [5.41, 5.74) is 5.75. The Morgan fingerprint density at radius 3 is 2.48 bits per heavy atom. The lowest BCUT2D eigenvalue weighted by molar-refractivity contribution is -0.136. The number of hydrogen-bond acceptors (Lipinski definition) is 4. The van der Waals surface area contributed by atoms with Crippen molar-refractivity contribution in [1.82, 2.24) is 4.90 Å². The summed E-state index contributed by atoms with van der Waals surface area (Å²) in [6.07, 6.45) is 4.16. The first kappa shape index (κ1) is 19.6. The van der Waals surface area contributed by atoms with E-state index in [2.05, 4.69) is 6.92 Å². The van der Waals surface area contributed by atoms with Crippen molar-refractivity contribution in [3.8, 4) is 11.5 Å². The van der Waals surface area contributed by atoms with Gasteiger partial charge in [0.1, 0.15) is 11.5 Å². The van der Waals surface area contributed by atoms with E-state index in [1.54, 1.807) is 0 Å². The molecule has 1 aromatic rings. The summed E-state index contributed by atoms with van der Waals surface area (Å²) in [5, 5.41) is 0. The number of carbonyl (C=O) groups is 1. The third-order valence-electron chi connectivity index (χ3n) is 3.88. The molecule has 1 aliphatic heterocycles. The topological polar surface area (TPSA) is 64.8 Å². The highest BCUT2D eigenvalue weighted by molar-refractivity contribution is 5.85. The van der Waals surface area contributed by atoms with Gasteiger partial charge in [0.25, 0.3) is 5.91 Å². The molecule has 1 atom stereocenters. The molecular weight excluding hydrogens is 316 g/mol. The van der Waals surface area contributed by atoms with Gasteiger partial charge in [-0.15, -0.1) is 12.4 Å². The van der Waals surface area contributed by atoms with Gasteiger partial charge in [0.2, 0.25) is 0 Å². The highest BCUT2D eigenvalue weighted by atomic mass is 35.5. The molecule has 0 aromatic heterocycles. The zero-order valence-corrected chi connectivity index (χ0v) is 14.5. The summed E-state index contributed by atoms with van der Waals surface area (Å²) in [5.74, 6) is 1.51. The average molecular weight is 343 g/mol. The van der Waals surface area contributed by atoms with Gasteiger partial charge in [-0.25, -0.2) is 0 Å². The fourth-order valence-electron chi connectivity index (χ4n) is 2.65. The molecule has 5 nitrogen and oxygen atoms in total. The zero-order valence-electron chi connectivity index (χ0n) is 13.7. The third-order valence-corrected chi connectivity index (χ3v) is 3.88. The van der Waals surface area contributed by atoms with E-state index in [1.807, 2.05) is 29.2 Å². The van der Waals surface area contributed by atoms with Crippen LogP contribution in [-0.2, 0) is 4.79 Å². The molecule has 1 fully saturated rings. The lowest BCUT2D eigenvalue weighted by Crippen LogP contribution is -2.49. The molecule has 0 bridgehead atoms. The minimum atomic E-state index is 0. The van der Waals surface area contributed by atoms with Gasteiger partial charge in [0.05, 0.1) is 6.61 Å². The molecule has 0 spiro atoms. The Kier molecular flexibility index (Phi) is 8.81. The van der Waals surface area contributed by atoms with Gasteiger partial charge in [-0.05, 0) is 49.9 Å². The fraction of sp³-hybridized carbons (Fsp3) is 0.588. The van der Waals surface area contributed by atoms with Gasteiger partial charge in [-0.3, -0.25) is 4.79 Å². The summed E-state index contributed by atoms with van der Waals surface area (Å²) in [4.78, 5) is 14.1. The van der Waals surface area contributed by atoms with Gasteiger partial charge in [0, 0.05) is 19.1 Å². The Morgan fingerprint density at radius 2 is 1.87 bits per heavy atom. The molecule has 1 aromatic carbocycles. The Hall–Kier alpha value is -1.46. The smallest absolute Gasteiger partial charge is 0.260 e. The van der Waals surface area contributed by atoms with Crippen molar-refractivity contribution in [1.29, 1.82) is 0 Å². The first-order valence-corrected chi connectivity index (χ1v) is 8.09. The molecule has 1 aliphatic rings. The van der Waals surface area contributed by atoms with Crippen molar-refractivity contribution in [2.75, 3.05) is 26.3 Å². The van der Waals surface area contributed by atoms with E-state index in [9.17, 15) is 4.79 Å². The number of amides is 1. The molecule has 130 valence electrons. The SMILES string of the molecule is CCCOc1ccc(OCC(=O)N2CCCCC2CN)cc1.Cl. The second kappa shape index (κ2) is 10.3. The van der Waals surface area contributed by atoms with Crippen LogP contribution in [0.2, 0.25) is 0 Å². The third kappa shape index (κ3) is 5.92. The monoisotopic (exact) mass is 342 g/mol. The zero-order chi connectivity index (χ0) is 15.8. The van der Waals surface area contributed by atoms with Gasteiger partial charge in [0.15, 0.2) is 6.61 Å². The normalized spacial score (nSPS) is 17.3. The number of nitrogens with zero attached hydrogens (tertiary/aromatic N) is 1. The number of benzene rings is 1. The summed E-state index contributed by atoms with van der Waals surface area (Å²) in [6, 6.07) is 7.54. The molecule has 0 aliphatic carbocycles. The number of likely N-dealkylation sites (tertiary alicyclic amines) is 1. The van der Waals surface area contributed by atoms with Gasteiger partial charge in [-0.2, -0.15) is 0 Å².